The molecule has 0 atom stereocenters. The highest BCUT2D eigenvalue weighted by molar-refractivity contribution is 7.88. The summed E-state index contributed by atoms with van der Waals surface area (Å²) in [6.07, 6.45) is 2.86. The van der Waals surface area contributed by atoms with Crippen LogP contribution < -0.4 is 0 Å². The number of hydrogen-bond donors (Lipinski definition) is 0. The second-order valence-corrected chi connectivity index (χ2v) is 7.12. The highest BCUT2D eigenvalue weighted by Gasteiger charge is 2.24. The summed E-state index contributed by atoms with van der Waals surface area (Å²) in [7, 11) is -1.29. The normalized spacial score (nSPS) is 18.0. The molecule has 0 saturated carbocycles. The summed E-state index contributed by atoms with van der Waals surface area (Å²) in [6, 6.07) is 0. The lowest BCUT2D eigenvalue weighted by Gasteiger charge is -2.33. The van der Waals surface area contributed by atoms with Gasteiger partial charge >= 0.3 is 0 Å². The van der Waals surface area contributed by atoms with E-state index in [2.05, 4.69) is 4.90 Å². The number of carbonyl (C=O) groups is 1. The van der Waals surface area contributed by atoms with Crippen LogP contribution >= 0.6 is 0 Å². The van der Waals surface area contributed by atoms with E-state index in [1.54, 1.807) is 4.90 Å². The lowest BCUT2D eigenvalue weighted by Crippen LogP contribution is -2.50. The van der Waals surface area contributed by atoms with Gasteiger partial charge in [-0.25, -0.2) is 8.42 Å². The van der Waals surface area contributed by atoms with Gasteiger partial charge in [0.15, 0.2) is 0 Å². The molecule has 6 nitrogen and oxygen atoms in total. The maximum absolute atomic E-state index is 12.1. The van der Waals surface area contributed by atoms with Crippen molar-refractivity contribution in [2.45, 2.75) is 19.8 Å². The first kappa shape index (κ1) is 16.4. The summed E-state index contributed by atoms with van der Waals surface area (Å²) < 4.78 is 24.6. The zero-order chi connectivity index (χ0) is 14.5. The van der Waals surface area contributed by atoms with E-state index in [0.717, 1.165) is 25.9 Å². The molecule has 0 aromatic heterocycles. The lowest BCUT2D eigenvalue weighted by atomic mass is 10.3. The van der Waals surface area contributed by atoms with Crippen LogP contribution in [0, 0.1) is 0 Å². The molecule has 0 bridgehead atoms. The van der Waals surface area contributed by atoms with Gasteiger partial charge in [-0.15, -0.1) is 0 Å². The predicted octanol–water partition coefficient (Wildman–Crippen LogP) is -0.178. The van der Waals surface area contributed by atoms with Crippen molar-refractivity contribution in [1.82, 2.24) is 14.1 Å². The zero-order valence-electron chi connectivity index (χ0n) is 12.1. The summed E-state index contributed by atoms with van der Waals surface area (Å²) >= 11 is 0. The second-order valence-electron chi connectivity index (χ2n) is 5.13. The summed E-state index contributed by atoms with van der Waals surface area (Å²) in [5.74, 6) is -0.0883. The van der Waals surface area contributed by atoms with Crippen LogP contribution in [-0.4, -0.2) is 81.0 Å². The quantitative estimate of drug-likeness (QED) is 0.681. The first-order valence-electron chi connectivity index (χ1n) is 6.76. The third kappa shape index (κ3) is 5.46. The van der Waals surface area contributed by atoms with Gasteiger partial charge in [0.2, 0.25) is 15.9 Å². The molecule has 0 unspecified atom stereocenters. The summed E-state index contributed by atoms with van der Waals surface area (Å²) in [6.45, 7) is 5.46. The number of amides is 1. The Morgan fingerprint density at radius 2 is 1.79 bits per heavy atom. The largest absolute Gasteiger partial charge is 0.339 e. The van der Waals surface area contributed by atoms with Gasteiger partial charge in [0.05, 0.1) is 12.8 Å². The Bertz CT molecular complexity index is 389. The van der Waals surface area contributed by atoms with E-state index < -0.39 is 10.0 Å². The van der Waals surface area contributed by atoms with Gasteiger partial charge in [-0.1, -0.05) is 13.3 Å². The fourth-order valence-electron chi connectivity index (χ4n) is 2.00. The highest BCUT2D eigenvalue weighted by Crippen LogP contribution is 2.05. The molecule has 0 aliphatic carbocycles. The average Bonchev–Trinajstić information content (AvgIpc) is 2.33. The number of unbranched alkanes of at least 4 members (excludes halogenated alkanes) is 1. The Kier molecular flexibility index (Phi) is 6.22. The molecule has 1 amide bonds. The third-order valence-electron chi connectivity index (χ3n) is 3.40. The Balaban J connectivity index is 2.56. The molecular weight excluding hydrogens is 266 g/mol. The van der Waals surface area contributed by atoms with Crippen molar-refractivity contribution >= 4 is 15.9 Å². The van der Waals surface area contributed by atoms with Crippen molar-refractivity contribution in [2.24, 2.45) is 0 Å². The molecule has 1 aliphatic rings. The van der Waals surface area contributed by atoms with Crippen LogP contribution in [0.15, 0.2) is 0 Å². The first-order chi connectivity index (χ1) is 8.84. The minimum atomic E-state index is -3.31. The van der Waals surface area contributed by atoms with E-state index in [0.29, 0.717) is 19.6 Å². The standard InChI is InChI=1S/C12H25N3O3S/c1-4-5-6-15(19(3,17)18)11-12(16)14-9-7-13(2)8-10-14/h4-11H2,1-3H3. The molecule has 19 heavy (non-hydrogen) atoms. The van der Waals surface area contributed by atoms with Crippen molar-refractivity contribution in [1.29, 1.82) is 0 Å². The molecule has 1 heterocycles. The molecule has 0 aromatic rings. The van der Waals surface area contributed by atoms with E-state index in [9.17, 15) is 13.2 Å². The van der Waals surface area contributed by atoms with Gasteiger partial charge in [0, 0.05) is 32.7 Å². The lowest BCUT2D eigenvalue weighted by molar-refractivity contribution is -0.132. The number of likely N-dealkylation sites (N-methyl/N-ethyl adjacent to an activating group) is 1. The van der Waals surface area contributed by atoms with Crippen LogP contribution in [0.25, 0.3) is 0 Å². The summed E-state index contributed by atoms with van der Waals surface area (Å²) in [4.78, 5) is 16.0. The smallest absolute Gasteiger partial charge is 0.237 e. The van der Waals surface area contributed by atoms with Gasteiger partial charge in [0.1, 0.15) is 0 Å². The Morgan fingerprint density at radius 3 is 2.26 bits per heavy atom. The van der Waals surface area contributed by atoms with Crippen LogP contribution in [0.3, 0.4) is 0 Å². The van der Waals surface area contributed by atoms with Crippen LogP contribution in [0.2, 0.25) is 0 Å². The van der Waals surface area contributed by atoms with Crippen LogP contribution in [0.4, 0.5) is 0 Å². The number of hydrogen-bond acceptors (Lipinski definition) is 4. The van der Waals surface area contributed by atoms with Crippen molar-refractivity contribution in [2.75, 3.05) is 52.6 Å². The SMILES string of the molecule is CCCCN(CC(=O)N1CCN(C)CC1)S(C)(=O)=O. The number of rotatable bonds is 6. The van der Waals surface area contributed by atoms with E-state index in [-0.39, 0.29) is 12.5 Å². The van der Waals surface area contributed by atoms with Crippen molar-refractivity contribution in [3.8, 4) is 0 Å². The summed E-state index contributed by atoms with van der Waals surface area (Å²) in [5, 5.41) is 0. The molecule has 112 valence electrons. The molecule has 1 saturated heterocycles. The van der Waals surface area contributed by atoms with E-state index in [1.165, 1.54) is 10.6 Å². The maximum Gasteiger partial charge on any atom is 0.237 e. The first-order valence-corrected chi connectivity index (χ1v) is 8.61. The fraction of sp³-hybridized carbons (Fsp3) is 0.917. The molecule has 1 rings (SSSR count). The maximum atomic E-state index is 12.1. The van der Waals surface area contributed by atoms with E-state index in [1.807, 2.05) is 14.0 Å². The number of nitrogens with zero attached hydrogens (tertiary/aromatic N) is 3. The molecule has 0 spiro atoms. The van der Waals surface area contributed by atoms with Crippen LogP contribution in [-0.2, 0) is 14.8 Å². The average molecular weight is 291 g/mol. The number of sulfonamides is 1. The Morgan fingerprint density at radius 1 is 1.21 bits per heavy atom. The molecule has 1 fully saturated rings. The van der Waals surface area contributed by atoms with Crippen LogP contribution in [0.1, 0.15) is 19.8 Å². The highest BCUT2D eigenvalue weighted by atomic mass is 32.2. The van der Waals surface area contributed by atoms with Gasteiger partial charge in [-0.2, -0.15) is 4.31 Å². The van der Waals surface area contributed by atoms with Gasteiger partial charge in [-0.05, 0) is 13.5 Å². The summed E-state index contributed by atoms with van der Waals surface area (Å²) in [5.41, 5.74) is 0. The third-order valence-corrected chi connectivity index (χ3v) is 4.65. The van der Waals surface area contributed by atoms with Gasteiger partial charge in [0.25, 0.3) is 0 Å². The minimum Gasteiger partial charge on any atom is -0.339 e. The Labute approximate surface area is 116 Å². The predicted molar refractivity (Wildman–Crippen MR) is 75.4 cm³/mol. The van der Waals surface area contributed by atoms with E-state index in [4.69, 9.17) is 0 Å². The molecule has 1 aliphatic heterocycles. The topological polar surface area (TPSA) is 60.9 Å². The number of carbonyl (C=O) groups excluding carboxylic acids is 1. The van der Waals surface area contributed by atoms with Gasteiger partial charge in [-0.3, -0.25) is 4.79 Å². The molecular formula is C12H25N3O3S. The van der Waals surface area contributed by atoms with Crippen molar-refractivity contribution in [3.63, 3.8) is 0 Å². The second kappa shape index (κ2) is 7.21. The monoisotopic (exact) mass is 291 g/mol. The van der Waals surface area contributed by atoms with Gasteiger partial charge < -0.3 is 9.80 Å². The van der Waals surface area contributed by atoms with Crippen molar-refractivity contribution in [3.05, 3.63) is 0 Å². The molecule has 7 heteroatoms. The molecule has 0 aromatic carbocycles. The molecule has 0 N–H and O–H groups in total. The number of piperazine rings is 1. The zero-order valence-corrected chi connectivity index (χ0v) is 12.9. The van der Waals surface area contributed by atoms with Crippen LogP contribution in [0.5, 0.6) is 0 Å². The minimum absolute atomic E-state index is 0.0253. The Hall–Kier alpha value is -0.660. The molecule has 0 radical (unpaired) electrons. The van der Waals surface area contributed by atoms with Crippen molar-refractivity contribution < 1.29 is 13.2 Å². The fourth-order valence-corrected chi connectivity index (χ4v) is 2.81. The van der Waals surface area contributed by atoms with E-state index >= 15 is 0 Å².